The second-order valence-corrected chi connectivity index (χ2v) is 6.93. The quantitative estimate of drug-likeness (QED) is 0.208. The first kappa shape index (κ1) is 19.3. The SMILES string of the molecule is Fc1ccc2cc(-c3ccccc3)n3nc4c(F)c(C(F)(F)F)c(F)c(F)c4c3c2c1. The molecule has 2 heterocycles. The van der Waals surface area contributed by atoms with E-state index < -0.39 is 45.9 Å². The highest BCUT2D eigenvalue weighted by molar-refractivity contribution is 6.11. The lowest BCUT2D eigenvalue weighted by Gasteiger charge is -2.11. The first-order chi connectivity index (χ1) is 14.7. The van der Waals surface area contributed by atoms with E-state index in [2.05, 4.69) is 5.10 Å². The Morgan fingerprint density at radius 1 is 0.774 bits per heavy atom. The van der Waals surface area contributed by atoms with Crippen molar-refractivity contribution < 1.29 is 30.7 Å². The first-order valence-corrected chi connectivity index (χ1v) is 8.92. The number of hydrogen-bond donors (Lipinski definition) is 0. The van der Waals surface area contributed by atoms with Crippen molar-refractivity contribution in [3.63, 3.8) is 0 Å². The van der Waals surface area contributed by atoms with Crippen molar-refractivity contribution in [2.45, 2.75) is 6.18 Å². The Bertz CT molecular complexity index is 1500. The highest BCUT2D eigenvalue weighted by atomic mass is 19.4. The lowest BCUT2D eigenvalue weighted by atomic mass is 10.0. The summed E-state index contributed by atoms with van der Waals surface area (Å²) in [6.45, 7) is 0. The van der Waals surface area contributed by atoms with Gasteiger partial charge in [-0.1, -0.05) is 36.4 Å². The third kappa shape index (κ3) is 2.76. The molecule has 0 fully saturated rings. The maximum Gasteiger partial charge on any atom is 0.422 e. The molecule has 0 bridgehead atoms. The van der Waals surface area contributed by atoms with Crippen molar-refractivity contribution in [3.8, 4) is 11.3 Å². The van der Waals surface area contributed by atoms with Gasteiger partial charge < -0.3 is 0 Å². The summed E-state index contributed by atoms with van der Waals surface area (Å²) >= 11 is 0. The predicted molar refractivity (Wildman–Crippen MR) is 100 cm³/mol. The van der Waals surface area contributed by atoms with E-state index >= 15 is 0 Å². The highest BCUT2D eigenvalue weighted by Gasteiger charge is 2.42. The van der Waals surface area contributed by atoms with Gasteiger partial charge in [-0.05, 0) is 23.6 Å². The second-order valence-electron chi connectivity index (χ2n) is 6.93. The molecule has 2 aromatic heterocycles. The predicted octanol–water partition coefficient (Wildman–Crippen LogP) is 6.88. The third-order valence-corrected chi connectivity index (χ3v) is 5.09. The average Bonchev–Trinajstić information content (AvgIpc) is 3.13. The number of benzene rings is 3. The molecule has 5 aromatic rings. The molecule has 0 aliphatic heterocycles. The van der Waals surface area contributed by atoms with Crippen LogP contribution < -0.4 is 0 Å². The smallest absolute Gasteiger partial charge is 0.231 e. The van der Waals surface area contributed by atoms with E-state index in [4.69, 9.17) is 0 Å². The van der Waals surface area contributed by atoms with Crippen LogP contribution in [0.1, 0.15) is 5.56 Å². The lowest BCUT2D eigenvalue weighted by Crippen LogP contribution is -2.13. The minimum Gasteiger partial charge on any atom is -0.231 e. The van der Waals surface area contributed by atoms with Crippen LogP contribution in [0.25, 0.3) is 38.4 Å². The number of pyridine rings is 1. The van der Waals surface area contributed by atoms with Crippen molar-refractivity contribution in [3.05, 3.63) is 83.4 Å². The van der Waals surface area contributed by atoms with E-state index in [9.17, 15) is 30.7 Å². The number of halogens is 7. The molecule has 0 saturated carbocycles. The Morgan fingerprint density at radius 2 is 1.48 bits per heavy atom. The lowest BCUT2D eigenvalue weighted by molar-refractivity contribution is -0.142. The van der Waals surface area contributed by atoms with Gasteiger partial charge in [-0.2, -0.15) is 18.3 Å². The van der Waals surface area contributed by atoms with E-state index in [1.165, 1.54) is 6.07 Å². The number of fused-ring (bicyclic) bond motifs is 5. The molecule has 3 aromatic carbocycles. The summed E-state index contributed by atoms with van der Waals surface area (Å²) in [6, 6.07) is 13.5. The van der Waals surface area contributed by atoms with Crippen molar-refractivity contribution in [1.29, 1.82) is 0 Å². The van der Waals surface area contributed by atoms with Gasteiger partial charge in [-0.3, -0.25) is 0 Å². The fourth-order valence-electron chi connectivity index (χ4n) is 3.77. The van der Waals surface area contributed by atoms with E-state index in [-0.39, 0.29) is 16.6 Å². The topological polar surface area (TPSA) is 17.3 Å². The van der Waals surface area contributed by atoms with Gasteiger partial charge in [0.15, 0.2) is 17.5 Å². The van der Waals surface area contributed by atoms with Crippen LogP contribution in [0.15, 0.2) is 54.6 Å². The summed E-state index contributed by atoms with van der Waals surface area (Å²) in [6.07, 6.45) is -5.48. The van der Waals surface area contributed by atoms with Gasteiger partial charge in [0.1, 0.15) is 16.9 Å². The Labute approximate surface area is 169 Å². The molecule has 2 nitrogen and oxygen atoms in total. The zero-order valence-electron chi connectivity index (χ0n) is 15.2. The summed E-state index contributed by atoms with van der Waals surface area (Å²) in [5.41, 5.74) is -2.80. The standard InChI is InChI=1S/C22H9F7N2/c23-12-7-6-11-8-14(10-4-2-1-3-5-10)31-21(13(11)9-12)15-17(24)18(25)16(22(27,28)29)19(26)20(15)30-31/h1-9H. The minimum atomic E-state index is -5.48. The van der Waals surface area contributed by atoms with E-state index in [0.29, 0.717) is 10.9 Å². The maximum absolute atomic E-state index is 14.9. The molecule has 5 rings (SSSR count). The minimum absolute atomic E-state index is 0.0413. The van der Waals surface area contributed by atoms with Crippen LogP contribution in [-0.2, 0) is 6.18 Å². The molecule has 0 amide bonds. The Balaban J connectivity index is 2.07. The fourth-order valence-corrected chi connectivity index (χ4v) is 3.77. The van der Waals surface area contributed by atoms with E-state index in [1.54, 1.807) is 36.4 Å². The molecule has 31 heavy (non-hydrogen) atoms. The van der Waals surface area contributed by atoms with Gasteiger partial charge in [0.05, 0.1) is 16.6 Å². The van der Waals surface area contributed by atoms with Crippen LogP contribution in [0, 0.1) is 23.3 Å². The summed E-state index contributed by atoms with van der Waals surface area (Å²) in [7, 11) is 0. The van der Waals surface area contributed by atoms with Crippen LogP contribution in [-0.4, -0.2) is 9.61 Å². The normalized spacial score (nSPS) is 12.4. The molecule has 9 heteroatoms. The molecule has 0 aliphatic carbocycles. The van der Waals surface area contributed by atoms with Crippen molar-refractivity contribution in [2.24, 2.45) is 0 Å². The average molecular weight is 434 g/mol. The maximum atomic E-state index is 14.9. The van der Waals surface area contributed by atoms with Crippen molar-refractivity contribution in [1.82, 2.24) is 9.61 Å². The monoisotopic (exact) mass is 434 g/mol. The first-order valence-electron chi connectivity index (χ1n) is 8.92. The van der Waals surface area contributed by atoms with Gasteiger partial charge in [-0.25, -0.2) is 22.1 Å². The molecule has 0 spiro atoms. The van der Waals surface area contributed by atoms with Gasteiger partial charge in [-0.15, -0.1) is 0 Å². The summed E-state index contributed by atoms with van der Waals surface area (Å²) in [4.78, 5) is 0. The molecule has 0 saturated heterocycles. The van der Waals surface area contributed by atoms with Crippen LogP contribution in [0.4, 0.5) is 30.7 Å². The van der Waals surface area contributed by atoms with Crippen LogP contribution in [0.2, 0.25) is 0 Å². The van der Waals surface area contributed by atoms with Crippen LogP contribution >= 0.6 is 0 Å². The van der Waals surface area contributed by atoms with Gasteiger partial charge >= 0.3 is 6.18 Å². The molecule has 156 valence electrons. The summed E-state index contributed by atoms with van der Waals surface area (Å²) < 4.78 is 98.6. The molecule has 0 unspecified atom stereocenters. The van der Waals surface area contributed by atoms with E-state index in [0.717, 1.165) is 16.6 Å². The zero-order chi connectivity index (χ0) is 22.1. The van der Waals surface area contributed by atoms with Crippen LogP contribution in [0.3, 0.4) is 0 Å². The molecule has 0 radical (unpaired) electrons. The number of aromatic nitrogens is 2. The number of alkyl halides is 3. The van der Waals surface area contributed by atoms with E-state index in [1.807, 2.05) is 0 Å². The third-order valence-electron chi connectivity index (χ3n) is 5.09. The molecule has 0 N–H and O–H groups in total. The Morgan fingerprint density at radius 3 is 2.16 bits per heavy atom. The number of hydrogen-bond acceptors (Lipinski definition) is 1. The zero-order valence-corrected chi connectivity index (χ0v) is 15.2. The van der Waals surface area contributed by atoms with Gasteiger partial charge in [0.2, 0.25) is 0 Å². The van der Waals surface area contributed by atoms with Crippen molar-refractivity contribution in [2.75, 3.05) is 0 Å². The summed E-state index contributed by atoms with van der Waals surface area (Å²) in [5.74, 6) is -7.03. The number of nitrogens with zero attached hydrogens (tertiary/aromatic N) is 2. The Hall–Kier alpha value is -3.62. The van der Waals surface area contributed by atoms with Gasteiger partial charge in [0, 0.05) is 10.9 Å². The van der Waals surface area contributed by atoms with Crippen molar-refractivity contribution >= 4 is 27.2 Å². The largest absolute Gasteiger partial charge is 0.422 e. The molecular weight excluding hydrogens is 425 g/mol. The fraction of sp³-hybridized carbons (Fsp3) is 0.0455. The molecule has 0 atom stereocenters. The Kier molecular flexibility index (Phi) is 4.02. The molecular formula is C22H9F7N2. The molecule has 0 aliphatic rings. The van der Waals surface area contributed by atoms with Gasteiger partial charge in [0.25, 0.3) is 0 Å². The van der Waals surface area contributed by atoms with Crippen LogP contribution in [0.5, 0.6) is 0 Å². The highest BCUT2D eigenvalue weighted by Crippen LogP contribution is 2.41. The second kappa shape index (κ2) is 6.44. The summed E-state index contributed by atoms with van der Waals surface area (Å²) in [5, 5.41) is 3.49. The number of rotatable bonds is 1.